The van der Waals surface area contributed by atoms with Gasteiger partial charge in [-0.25, -0.2) is 0 Å². The summed E-state index contributed by atoms with van der Waals surface area (Å²) in [6, 6.07) is 3.76. The molecule has 0 bridgehead atoms. The molecule has 13 heteroatoms. The number of carbonyl (C=O) groups is 3. The second-order valence-electron chi connectivity index (χ2n) is 11.9. The molecule has 2 heterocycles. The maximum atomic E-state index is 13.8. The van der Waals surface area contributed by atoms with Crippen LogP contribution < -0.4 is 10.5 Å². The van der Waals surface area contributed by atoms with Crippen molar-refractivity contribution in [3.63, 3.8) is 0 Å². The maximum Gasteiger partial charge on any atom is 0.202 e. The van der Waals surface area contributed by atoms with Crippen LogP contribution in [0.2, 0.25) is 0 Å². The van der Waals surface area contributed by atoms with Gasteiger partial charge >= 0.3 is 0 Å². The molecule has 4 aliphatic rings. The average Bonchev–Trinajstić information content (AvgIpc) is 3.00. The first-order chi connectivity index (χ1) is 20.9. The molecule has 2 saturated heterocycles. The largest absolute Gasteiger partial charge is 0.507 e. The van der Waals surface area contributed by atoms with Crippen LogP contribution in [0, 0.1) is 0 Å². The van der Waals surface area contributed by atoms with E-state index < -0.39 is 82.6 Å². The van der Waals surface area contributed by atoms with Gasteiger partial charge in [0.15, 0.2) is 17.9 Å². The summed E-state index contributed by atoms with van der Waals surface area (Å²) < 4.78 is 22.7. The molecule has 2 aliphatic carbocycles. The lowest BCUT2D eigenvalue weighted by atomic mass is 9.71. The SMILES string of the molecule is COc1cccc2c1C(=O)c1c(O)c3c(c(O)c1C2=O)C[C@@](O)(C(=O)CN1CCOCC1)C[C@H]3O[C@H]1C[C@@H](N)[C@H](O)[C@@H](C)O1. The van der Waals surface area contributed by atoms with Gasteiger partial charge in [-0.3, -0.25) is 19.3 Å². The normalized spacial score (nSPS) is 30.3. The van der Waals surface area contributed by atoms with Gasteiger partial charge < -0.3 is 45.1 Å². The Kier molecular flexibility index (Phi) is 7.99. The number of phenolic OH excluding ortho intramolecular Hbond substituents is 2. The van der Waals surface area contributed by atoms with Crippen LogP contribution in [-0.2, 0) is 25.4 Å². The summed E-state index contributed by atoms with van der Waals surface area (Å²) in [4.78, 5) is 43.1. The van der Waals surface area contributed by atoms with E-state index in [1.54, 1.807) is 6.92 Å². The van der Waals surface area contributed by atoms with E-state index in [-0.39, 0.29) is 47.4 Å². The summed E-state index contributed by atoms with van der Waals surface area (Å²) in [7, 11) is 1.35. The number of ether oxygens (including phenoxy) is 4. The number of nitrogens with zero attached hydrogens (tertiary/aromatic N) is 1. The molecule has 6 rings (SSSR count). The molecule has 0 spiro atoms. The number of rotatable bonds is 6. The van der Waals surface area contributed by atoms with Crippen LogP contribution in [0.5, 0.6) is 17.2 Å². The fraction of sp³-hybridized carbons (Fsp3) is 0.516. The Morgan fingerprint density at radius 2 is 1.82 bits per heavy atom. The number of aliphatic hydroxyl groups is 2. The van der Waals surface area contributed by atoms with Gasteiger partial charge in [0.2, 0.25) is 5.78 Å². The first-order valence-electron chi connectivity index (χ1n) is 14.6. The Hall–Kier alpha value is -3.43. The summed E-state index contributed by atoms with van der Waals surface area (Å²) in [5.41, 5.74) is 2.98. The number of methoxy groups -OCH3 is 1. The van der Waals surface area contributed by atoms with Crippen LogP contribution in [0.15, 0.2) is 18.2 Å². The quantitative estimate of drug-likeness (QED) is 0.239. The lowest BCUT2D eigenvalue weighted by Crippen LogP contribution is -2.54. The number of morpholine rings is 1. The van der Waals surface area contributed by atoms with Gasteiger partial charge in [-0.2, -0.15) is 0 Å². The number of hydrogen-bond acceptors (Lipinski definition) is 13. The molecule has 2 aromatic rings. The minimum absolute atomic E-state index is 0.0177. The third-order valence-electron chi connectivity index (χ3n) is 9.13. The predicted molar refractivity (Wildman–Crippen MR) is 152 cm³/mol. The van der Waals surface area contributed by atoms with E-state index >= 15 is 0 Å². The Labute approximate surface area is 253 Å². The van der Waals surface area contributed by atoms with Crippen molar-refractivity contribution in [2.24, 2.45) is 5.73 Å². The standard InChI is InChI=1S/C31H36N2O11/c1-14-26(35)17(32)10-21(43-14)44-19-12-31(40,20(34)13-33-6-8-42-9-7-33)11-16-23(19)30(39)25-24(28(16)37)27(36)15-4-3-5-18(41-2)22(15)29(25)38/h3-5,14,17,19,21,26,35,37,39-40H,6-13,32H2,1-2H3/t14-,17-,19-,21+,26-,31+/m1/s1. The first kappa shape index (κ1) is 30.6. The van der Waals surface area contributed by atoms with E-state index in [0.717, 1.165) is 0 Å². The van der Waals surface area contributed by atoms with Crippen molar-refractivity contribution < 1.29 is 53.8 Å². The molecule has 2 fully saturated rings. The molecule has 0 unspecified atom stereocenters. The Morgan fingerprint density at radius 3 is 2.50 bits per heavy atom. The third-order valence-corrected chi connectivity index (χ3v) is 9.13. The number of ketones is 3. The zero-order valence-corrected chi connectivity index (χ0v) is 24.4. The smallest absolute Gasteiger partial charge is 0.202 e. The highest BCUT2D eigenvalue weighted by molar-refractivity contribution is 6.31. The number of nitrogens with two attached hydrogens (primary N) is 1. The minimum atomic E-state index is -2.07. The number of aromatic hydroxyl groups is 2. The van der Waals surface area contributed by atoms with Gasteiger partial charge in [0.25, 0.3) is 0 Å². The number of aliphatic hydroxyl groups excluding tert-OH is 1. The monoisotopic (exact) mass is 612 g/mol. The van der Waals surface area contributed by atoms with Gasteiger partial charge in [0.05, 0.1) is 61.9 Å². The van der Waals surface area contributed by atoms with Crippen LogP contribution in [0.3, 0.4) is 0 Å². The average molecular weight is 613 g/mol. The molecule has 0 amide bonds. The predicted octanol–water partition coefficient (Wildman–Crippen LogP) is 0.341. The molecule has 2 aliphatic heterocycles. The molecule has 6 N–H and O–H groups in total. The van der Waals surface area contributed by atoms with Gasteiger partial charge in [0.1, 0.15) is 22.8 Å². The van der Waals surface area contributed by atoms with Crippen molar-refractivity contribution in [1.82, 2.24) is 4.90 Å². The highest BCUT2D eigenvalue weighted by Crippen LogP contribution is 2.52. The molecule has 2 aromatic carbocycles. The molecule has 0 radical (unpaired) electrons. The van der Waals surface area contributed by atoms with Crippen LogP contribution >= 0.6 is 0 Å². The van der Waals surface area contributed by atoms with Crippen molar-refractivity contribution in [1.29, 1.82) is 0 Å². The Morgan fingerprint density at radius 1 is 1.11 bits per heavy atom. The van der Waals surface area contributed by atoms with Crippen LogP contribution in [0.4, 0.5) is 0 Å². The van der Waals surface area contributed by atoms with Gasteiger partial charge in [-0.15, -0.1) is 0 Å². The van der Waals surface area contributed by atoms with Crippen molar-refractivity contribution in [2.75, 3.05) is 40.0 Å². The van der Waals surface area contributed by atoms with E-state index in [4.69, 9.17) is 24.7 Å². The molecule has 236 valence electrons. The number of carbonyl (C=O) groups excluding carboxylic acids is 3. The zero-order chi connectivity index (χ0) is 31.5. The van der Waals surface area contributed by atoms with Gasteiger partial charge in [-0.1, -0.05) is 12.1 Å². The van der Waals surface area contributed by atoms with E-state index in [2.05, 4.69) is 0 Å². The Bertz CT molecular complexity index is 1510. The fourth-order valence-corrected chi connectivity index (χ4v) is 6.71. The summed E-state index contributed by atoms with van der Waals surface area (Å²) in [5, 5.41) is 45.5. The number of fused-ring (bicyclic) bond motifs is 3. The summed E-state index contributed by atoms with van der Waals surface area (Å²) in [5.74, 6) is -3.12. The Balaban J connectivity index is 1.46. The summed E-state index contributed by atoms with van der Waals surface area (Å²) >= 11 is 0. The van der Waals surface area contributed by atoms with Crippen molar-refractivity contribution >= 4 is 17.3 Å². The molecular formula is C31H36N2O11. The lowest BCUT2D eigenvalue weighted by Gasteiger charge is -2.42. The number of Topliss-reactive ketones (excluding diaryl/α,β-unsaturated/α-hetero) is 1. The highest BCUT2D eigenvalue weighted by Gasteiger charge is 2.50. The molecule has 44 heavy (non-hydrogen) atoms. The van der Waals surface area contributed by atoms with E-state index in [0.29, 0.717) is 26.3 Å². The zero-order valence-electron chi connectivity index (χ0n) is 24.4. The van der Waals surface area contributed by atoms with Crippen LogP contribution in [-0.4, -0.2) is 113 Å². The second-order valence-corrected chi connectivity index (χ2v) is 11.9. The number of hydrogen-bond donors (Lipinski definition) is 5. The number of benzene rings is 2. The maximum absolute atomic E-state index is 13.8. The molecule has 0 saturated carbocycles. The highest BCUT2D eigenvalue weighted by atomic mass is 16.7. The second kappa shape index (κ2) is 11.5. The van der Waals surface area contributed by atoms with Gasteiger partial charge in [-0.05, 0) is 13.0 Å². The van der Waals surface area contributed by atoms with Crippen molar-refractivity contribution in [2.45, 2.75) is 62.4 Å². The van der Waals surface area contributed by atoms with E-state index in [1.165, 1.54) is 25.3 Å². The van der Waals surface area contributed by atoms with Crippen molar-refractivity contribution in [3.05, 3.63) is 51.6 Å². The third kappa shape index (κ3) is 4.98. The minimum Gasteiger partial charge on any atom is -0.507 e. The first-order valence-corrected chi connectivity index (χ1v) is 14.6. The number of phenols is 2. The summed E-state index contributed by atoms with van der Waals surface area (Å²) in [6.07, 6.45) is -4.68. The fourth-order valence-electron chi connectivity index (χ4n) is 6.71. The van der Waals surface area contributed by atoms with Crippen LogP contribution in [0.1, 0.15) is 68.8 Å². The van der Waals surface area contributed by atoms with Crippen molar-refractivity contribution in [3.8, 4) is 17.2 Å². The molecule has 13 nitrogen and oxygen atoms in total. The molecular weight excluding hydrogens is 576 g/mol. The van der Waals surface area contributed by atoms with E-state index in [9.17, 15) is 34.8 Å². The molecule has 0 aromatic heterocycles. The van der Waals surface area contributed by atoms with Crippen LogP contribution in [0.25, 0.3) is 0 Å². The molecule has 6 atom stereocenters. The topological polar surface area (TPSA) is 198 Å². The van der Waals surface area contributed by atoms with E-state index in [1.807, 2.05) is 4.90 Å². The summed E-state index contributed by atoms with van der Waals surface area (Å²) in [6.45, 7) is 3.38. The van der Waals surface area contributed by atoms with Gasteiger partial charge in [0, 0.05) is 55.1 Å². The lowest BCUT2D eigenvalue weighted by molar-refractivity contribution is -0.247.